The van der Waals surface area contributed by atoms with Gasteiger partial charge >= 0.3 is 0 Å². The number of aliphatic hydroxyl groups excluding tert-OH is 1. The molecule has 2 rings (SSSR count). The van der Waals surface area contributed by atoms with Gasteiger partial charge in [-0.05, 0) is 26.3 Å². The normalized spacial score (nSPS) is 21.9. The smallest absolute Gasteiger partial charge is 0.150 e. The van der Waals surface area contributed by atoms with Crippen molar-refractivity contribution in [3.8, 4) is 0 Å². The maximum atomic E-state index is 8.99. The second-order valence-corrected chi connectivity index (χ2v) is 3.98. The van der Waals surface area contributed by atoms with Crippen LogP contribution in [0.1, 0.15) is 37.0 Å². The molecule has 0 bridgehead atoms. The molecule has 0 radical (unpaired) electrons. The molecular formula is C10H18N4O. The maximum absolute atomic E-state index is 8.99. The van der Waals surface area contributed by atoms with Gasteiger partial charge < -0.3 is 15.0 Å². The van der Waals surface area contributed by atoms with E-state index in [2.05, 4.69) is 15.5 Å². The Kier molecular flexibility index (Phi) is 3.33. The highest BCUT2D eigenvalue weighted by molar-refractivity contribution is 5.01. The minimum Gasteiger partial charge on any atom is -0.395 e. The molecule has 1 aromatic heterocycles. The van der Waals surface area contributed by atoms with Crippen molar-refractivity contribution in [2.45, 2.75) is 38.8 Å². The van der Waals surface area contributed by atoms with Crippen LogP contribution >= 0.6 is 0 Å². The number of aromatic nitrogens is 3. The molecule has 15 heavy (non-hydrogen) atoms. The predicted molar refractivity (Wildman–Crippen MR) is 56.4 cm³/mol. The first kappa shape index (κ1) is 10.6. The molecule has 0 saturated carbocycles. The lowest BCUT2D eigenvalue weighted by Crippen LogP contribution is -2.29. The number of aryl methyl sites for hydroxylation is 1. The number of aliphatic hydroxyl groups is 1. The van der Waals surface area contributed by atoms with Gasteiger partial charge in [0, 0.05) is 6.54 Å². The minimum atomic E-state index is 0.137. The Balaban J connectivity index is 2.18. The van der Waals surface area contributed by atoms with Crippen LogP contribution in [0, 0.1) is 6.92 Å². The Bertz CT molecular complexity index is 317. The Morgan fingerprint density at radius 2 is 2.33 bits per heavy atom. The molecule has 0 aromatic carbocycles. The molecule has 0 aliphatic carbocycles. The van der Waals surface area contributed by atoms with Gasteiger partial charge in [0.15, 0.2) is 0 Å². The molecule has 1 unspecified atom stereocenters. The number of hydrogen-bond donors (Lipinski definition) is 2. The third-order valence-electron chi connectivity index (χ3n) is 2.91. The summed E-state index contributed by atoms with van der Waals surface area (Å²) >= 11 is 0. The summed E-state index contributed by atoms with van der Waals surface area (Å²) in [5.41, 5.74) is 0. The summed E-state index contributed by atoms with van der Waals surface area (Å²) in [6.45, 7) is 3.70. The van der Waals surface area contributed by atoms with E-state index in [4.69, 9.17) is 5.11 Å². The molecule has 0 amide bonds. The van der Waals surface area contributed by atoms with E-state index < -0.39 is 0 Å². The second-order valence-electron chi connectivity index (χ2n) is 3.98. The van der Waals surface area contributed by atoms with Gasteiger partial charge in [-0.3, -0.25) is 0 Å². The van der Waals surface area contributed by atoms with Gasteiger partial charge in [0.05, 0.1) is 12.6 Å². The lowest BCUT2D eigenvalue weighted by molar-refractivity contribution is 0.268. The van der Waals surface area contributed by atoms with Crippen molar-refractivity contribution in [2.24, 2.45) is 0 Å². The Labute approximate surface area is 89.5 Å². The van der Waals surface area contributed by atoms with Gasteiger partial charge in [-0.1, -0.05) is 6.42 Å². The number of nitrogens with one attached hydrogen (secondary N) is 1. The quantitative estimate of drug-likeness (QED) is 0.757. The van der Waals surface area contributed by atoms with Gasteiger partial charge in [0.1, 0.15) is 11.6 Å². The molecule has 5 heteroatoms. The van der Waals surface area contributed by atoms with Crippen LogP contribution < -0.4 is 5.32 Å². The Morgan fingerprint density at radius 3 is 3.00 bits per heavy atom. The lowest BCUT2D eigenvalue weighted by atomic mass is 10.0. The molecule has 1 aromatic rings. The van der Waals surface area contributed by atoms with E-state index in [-0.39, 0.29) is 6.61 Å². The van der Waals surface area contributed by atoms with Crippen molar-refractivity contribution in [1.82, 2.24) is 20.1 Å². The van der Waals surface area contributed by atoms with Crippen LogP contribution in [-0.4, -0.2) is 33.0 Å². The Hall–Kier alpha value is -0.940. The lowest BCUT2D eigenvalue weighted by Gasteiger charge is -2.23. The van der Waals surface area contributed by atoms with Crippen LogP contribution in [0.15, 0.2) is 0 Å². The first-order valence-electron chi connectivity index (χ1n) is 5.57. The molecular weight excluding hydrogens is 192 g/mol. The summed E-state index contributed by atoms with van der Waals surface area (Å²) < 4.78 is 2.00. The highest BCUT2D eigenvalue weighted by Gasteiger charge is 2.21. The van der Waals surface area contributed by atoms with Gasteiger partial charge in [-0.2, -0.15) is 0 Å². The standard InChI is InChI=1S/C10H18N4O/c1-8-12-13-10(14(8)6-7-15)9-4-2-3-5-11-9/h9,11,15H,2-7H2,1H3. The average Bonchev–Trinajstić information content (AvgIpc) is 2.63. The number of piperidine rings is 1. The molecule has 1 aliphatic rings. The van der Waals surface area contributed by atoms with Gasteiger partial charge in [-0.15, -0.1) is 10.2 Å². The summed E-state index contributed by atoms with van der Waals surface area (Å²) in [6, 6.07) is 0.312. The SMILES string of the molecule is Cc1nnc(C2CCCCN2)n1CCO. The van der Waals surface area contributed by atoms with Crippen LogP contribution in [0.2, 0.25) is 0 Å². The highest BCUT2D eigenvalue weighted by Crippen LogP contribution is 2.21. The minimum absolute atomic E-state index is 0.137. The van der Waals surface area contributed by atoms with Crippen molar-refractivity contribution < 1.29 is 5.11 Å². The van der Waals surface area contributed by atoms with E-state index in [1.54, 1.807) is 0 Å². The van der Waals surface area contributed by atoms with Crippen LogP contribution in [-0.2, 0) is 6.54 Å². The highest BCUT2D eigenvalue weighted by atomic mass is 16.3. The molecule has 1 atom stereocenters. The van der Waals surface area contributed by atoms with E-state index in [0.29, 0.717) is 12.6 Å². The maximum Gasteiger partial charge on any atom is 0.150 e. The molecule has 1 saturated heterocycles. The number of nitrogens with zero attached hydrogens (tertiary/aromatic N) is 3. The van der Waals surface area contributed by atoms with Crippen molar-refractivity contribution in [1.29, 1.82) is 0 Å². The zero-order valence-electron chi connectivity index (χ0n) is 9.11. The number of rotatable bonds is 3. The molecule has 1 fully saturated rings. The van der Waals surface area contributed by atoms with E-state index in [9.17, 15) is 0 Å². The van der Waals surface area contributed by atoms with E-state index in [0.717, 1.165) is 24.6 Å². The van der Waals surface area contributed by atoms with Crippen LogP contribution in [0.3, 0.4) is 0 Å². The van der Waals surface area contributed by atoms with Crippen LogP contribution in [0.4, 0.5) is 0 Å². The van der Waals surface area contributed by atoms with E-state index in [1.807, 2.05) is 11.5 Å². The van der Waals surface area contributed by atoms with Crippen molar-refractivity contribution in [2.75, 3.05) is 13.2 Å². The molecule has 1 aliphatic heterocycles. The third kappa shape index (κ3) is 2.18. The largest absolute Gasteiger partial charge is 0.395 e. The van der Waals surface area contributed by atoms with Crippen molar-refractivity contribution in [3.05, 3.63) is 11.6 Å². The van der Waals surface area contributed by atoms with E-state index >= 15 is 0 Å². The van der Waals surface area contributed by atoms with E-state index in [1.165, 1.54) is 12.8 Å². The fraction of sp³-hybridized carbons (Fsp3) is 0.800. The summed E-state index contributed by atoms with van der Waals surface area (Å²) in [5.74, 6) is 1.85. The monoisotopic (exact) mass is 210 g/mol. The van der Waals surface area contributed by atoms with Gasteiger partial charge in [0.25, 0.3) is 0 Å². The van der Waals surface area contributed by atoms with Crippen molar-refractivity contribution >= 4 is 0 Å². The molecule has 2 heterocycles. The molecule has 84 valence electrons. The summed E-state index contributed by atoms with van der Waals surface area (Å²) in [5, 5.41) is 20.7. The molecule has 2 N–H and O–H groups in total. The average molecular weight is 210 g/mol. The van der Waals surface area contributed by atoms with Gasteiger partial charge in [0.2, 0.25) is 0 Å². The zero-order valence-corrected chi connectivity index (χ0v) is 9.11. The van der Waals surface area contributed by atoms with Crippen LogP contribution in [0.5, 0.6) is 0 Å². The second kappa shape index (κ2) is 4.72. The third-order valence-corrected chi connectivity index (χ3v) is 2.91. The predicted octanol–water partition coefficient (Wildman–Crippen LogP) is 0.393. The van der Waals surface area contributed by atoms with Gasteiger partial charge in [-0.25, -0.2) is 0 Å². The summed E-state index contributed by atoms with van der Waals surface area (Å²) in [4.78, 5) is 0. The van der Waals surface area contributed by atoms with Crippen molar-refractivity contribution in [3.63, 3.8) is 0 Å². The van der Waals surface area contributed by atoms with Crippen LogP contribution in [0.25, 0.3) is 0 Å². The summed E-state index contributed by atoms with van der Waals surface area (Å²) in [7, 11) is 0. The number of hydrogen-bond acceptors (Lipinski definition) is 4. The fourth-order valence-electron chi connectivity index (χ4n) is 2.10. The first-order valence-corrected chi connectivity index (χ1v) is 5.57. The first-order chi connectivity index (χ1) is 7.33. The fourth-order valence-corrected chi connectivity index (χ4v) is 2.10. The summed E-state index contributed by atoms with van der Waals surface area (Å²) in [6.07, 6.45) is 3.59. The zero-order chi connectivity index (χ0) is 10.7. The topological polar surface area (TPSA) is 63.0 Å². The molecule has 5 nitrogen and oxygen atoms in total. The molecule has 0 spiro atoms. The Morgan fingerprint density at radius 1 is 1.47 bits per heavy atom.